The molecule has 0 aromatic carbocycles. The molecule has 2 rings (SSSR count). The van der Waals surface area contributed by atoms with Crippen LogP contribution in [-0.2, 0) is 0 Å². The van der Waals surface area contributed by atoms with Gasteiger partial charge in [-0.05, 0) is 31.7 Å². The summed E-state index contributed by atoms with van der Waals surface area (Å²) in [6.45, 7) is 10.4. The van der Waals surface area contributed by atoms with Gasteiger partial charge in [-0.1, -0.05) is 34.1 Å². The molecule has 15 heavy (non-hydrogen) atoms. The van der Waals surface area contributed by atoms with Crippen molar-refractivity contribution >= 4 is 0 Å². The van der Waals surface area contributed by atoms with Crippen molar-refractivity contribution in [2.24, 2.45) is 17.6 Å². The van der Waals surface area contributed by atoms with Crippen LogP contribution in [0.15, 0.2) is 0 Å². The monoisotopic (exact) mass is 214 g/mol. The summed E-state index contributed by atoms with van der Waals surface area (Å²) in [4.78, 5) is 2.39. The Hall–Kier alpha value is -0.0800. The molecule has 3 atom stereocenters. The zero-order valence-electron chi connectivity index (χ0n) is 11.3. The number of hydrogen-bond acceptors (Lipinski definition) is 2. The van der Waals surface area contributed by atoms with Gasteiger partial charge < -0.3 is 10.6 Å². The van der Waals surface area contributed by atoms with Crippen LogP contribution in [0.3, 0.4) is 0 Å². The zero-order valence-corrected chi connectivity index (χ0v) is 11.3. The summed E-state index contributed by atoms with van der Waals surface area (Å²) < 4.78 is 0. The Labute approximate surface area is 96.2 Å². The van der Waals surface area contributed by atoms with Crippen molar-refractivity contribution in [1.82, 2.24) is 4.90 Å². The summed E-state index contributed by atoms with van der Waals surface area (Å²) in [5, 5.41) is 0. The van der Waals surface area contributed by atoms with Gasteiger partial charge in [0.15, 0.2) is 0 Å². The van der Waals surface area contributed by atoms with Crippen molar-refractivity contribution in [3.8, 4) is 0 Å². The van der Waals surface area contributed by atoms with Crippen molar-refractivity contribution in [1.29, 1.82) is 0 Å². The number of likely N-dealkylation sites (tertiary alicyclic amines) is 1. The van der Waals surface area contributed by atoms with Crippen LogP contribution in [0, 0.1) is 11.8 Å². The highest BCUT2D eigenvalue weighted by Crippen LogP contribution is 2.36. The van der Waals surface area contributed by atoms with Crippen LogP contribution in [0.25, 0.3) is 0 Å². The lowest BCUT2D eigenvalue weighted by molar-refractivity contribution is 0.142. The number of piperidine rings is 1. The Balaban J connectivity index is 0.000000442. The van der Waals surface area contributed by atoms with Crippen LogP contribution in [0.1, 0.15) is 47.0 Å². The van der Waals surface area contributed by atoms with E-state index in [1.165, 1.54) is 25.8 Å². The Kier molecular flexibility index (Phi) is 8.07. The molecule has 2 aliphatic rings. The summed E-state index contributed by atoms with van der Waals surface area (Å²) in [6, 6.07) is 0.459. The van der Waals surface area contributed by atoms with Crippen molar-refractivity contribution in [2.45, 2.75) is 53.0 Å². The van der Waals surface area contributed by atoms with Gasteiger partial charge in [0, 0.05) is 19.1 Å². The third kappa shape index (κ3) is 4.12. The number of fused-ring (bicyclic) bond motifs is 1. The third-order valence-corrected chi connectivity index (χ3v) is 3.34. The van der Waals surface area contributed by atoms with Gasteiger partial charge >= 0.3 is 0 Å². The summed E-state index contributed by atoms with van der Waals surface area (Å²) >= 11 is 0. The molecule has 0 aromatic rings. The Morgan fingerprint density at radius 1 is 1.00 bits per heavy atom. The van der Waals surface area contributed by atoms with Gasteiger partial charge in [0.05, 0.1) is 0 Å². The lowest BCUT2D eigenvalue weighted by Crippen LogP contribution is -2.49. The van der Waals surface area contributed by atoms with E-state index in [0.29, 0.717) is 6.04 Å². The van der Waals surface area contributed by atoms with Crippen LogP contribution in [0.5, 0.6) is 0 Å². The van der Waals surface area contributed by atoms with Crippen LogP contribution < -0.4 is 5.73 Å². The fourth-order valence-electron chi connectivity index (χ4n) is 2.83. The van der Waals surface area contributed by atoms with Crippen LogP contribution in [0.4, 0.5) is 0 Å². The minimum atomic E-state index is 0.459. The van der Waals surface area contributed by atoms with Crippen LogP contribution in [-0.4, -0.2) is 31.1 Å². The first-order chi connectivity index (χ1) is 7.27. The first-order valence-electron chi connectivity index (χ1n) is 6.71. The molecule has 1 aliphatic carbocycles. The maximum absolute atomic E-state index is 6.07. The molecule has 0 bridgehead atoms. The van der Waals surface area contributed by atoms with Gasteiger partial charge in [-0.25, -0.2) is 0 Å². The van der Waals surface area contributed by atoms with E-state index in [2.05, 4.69) is 11.9 Å². The van der Waals surface area contributed by atoms with Crippen molar-refractivity contribution in [3.63, 3.8) is 0 Å². The predicted molar refractivity (Wildman–Crippen MR) is 69.0 cm³/mol. The molecule has 2 heteroatoms. The molecule has 0 radical (unpaired) electrons. The van der Waals surface area contributed by atoms with Crippen molar-refractivity contribution in [3.05, 3.63) is 0 Å². The molecule has 2 nitrogen and oxygen atoms in total. The molecule has 2 fully saturated rings. The molecule has 1 aliphatic heterocycles. The highest BCUT2D eigenvalue weighted by atomic mass is 15.1. The molecule has 1 saturated carbocycles. The molecule has 2 N–H and O–H groups in total. The van der Waals surface area contributed by atoms with E-state index in [0.717, 1.165) is 18.4 Å². The van der Waals surface area contributed by atoms with Crippen LogP contribution in [0.2, 0.25) is 0 Å². The fourth-order valence-corrected chi connectivity index (χ4v) is 2.83. The summed E-state index contributed by atoms with van der Waals surface area (Å²) in [7, 11) is 2.19. The second-order valence-electron chi connectivity index (χ2n) is 4.24. The summed E-state index contributed by atoms with van der Waals surface area (Å²) in [5.74, 6) is 1.77. The summed E-state index contributed by atoms with van der Waals surface area (Å²) in [5.41, 5.74) is 6.07. The topological polar surface area (TPSA) is 29.3 Å². The van der Waals surface area contributed by atoms with Crippen molar-refractivity contribution < 1.29 is 0 Å². The van der Waals surface area contributed by atoms with Crippen LogP contribution >= 0.6 is 0 Å². The van der Waals surface area contributed by atoms with E-state index >= 15 is 0 Å². The molecule has 1 saturated heterocycles. The normalized spacial score (nSPS) is 34.4. The number of likely N-dealkylation sites (N-methyl/N-ethyl adjacent to an activating group) is 1. The molecule has 0 spiro atoms. The molecule has 3 unspecified atom stereocenters. The number of rotatable bonds is 0. The molecular weight excluding hydrogens is 184 g/mol. The zero-order chi connectivity index (χ0) is 11.8. The number of hydrogen-bond donors (Lipinski definition) is 1. The molecular formula is C13H30N2. The largest absolute Gasteiger partial charge is 0.326 e. The lowest BCUT2D eigenvalue weighted by Gasteiger charge is -2.37. The van der Waals surface area contributed by atoms with Gasteiger partial charge in [-0.15, -0.1) is 0 Å². The molecule has 0 amide bonds. The highest BCUT2D eigenvalue weighted by Gasteiger charge is 2.36. The molecule has 1 heterocycles. The van der Waals surface area contributed by atoms with Gasteiger partial charge in [-0.2, -0.15) is 0 Å². The quantitative estimate of drug-likeness (QED) is 0.672. The minimum absolute atomic E-state index is 0.459. The Bertz CT molecular complexity index is 147. The third-order valence-electron chi connectivity index (χ3n) is 3.34. The van der Waals surface area contributed by atoms with E-state index in [1.807, 2.05) is 27.7 Å². The van der Waals surface area contributed by atoms with Gasteiger partial charge in [0.1, 0.15) is 0 Å². The van der Waals surface area contributed by atoms with Gasteiger partial charge in [-0.3, -0.25) is 0 Å². The van der Waals surface area contributed by atoms with E-state index in [4.69, 9.17) is 5.73 Å². The highest BCUT2D eigenvalue weighted by molar-refractivity contribution is 4.91. The SMILES string of the molecule is CC.CC.CN1CC(N)C2CCCC2C1. The van der Waals surface area contributed by atoms with Crippen molar-refractivity contribution in [2.75, 3.05) is 20.1 Å². The van der Waals surface area contributed by atoms with E-state index in [-0.39, 0.29) is 0 Å². The number of nitrogens with two attached hydrogens (primary N) is 1. The van der Waals surface area contributed by atoms with E-state index in [1.54, 1.807) is 0 Å². The molecule has 92 valence electrons. The van der Waals surface area contributed by atoms with Gasteiger partial charge in [0.2, 0.25) is 0 Å². The van der Waals surface area contributed by atoms with Gasteiger partial charge in [0.25, 0.3) is 0 Å². The lowest BCUT2D eigenvalue weighted by atomic mass is 9.85. The first-order valence-corrected chi connectivity index (χ1v) is 6.71. The summed E-state index contributed by atoms with van der Waals surface area (Å²) in [6.07, 6.45) is 4.22. The second kappa shape index (κ2) is 8.12. The average Bonchev–Trinajstić information content (AvgIpc) is 2.72. The number of nitrogens with zero attached hydrogens (tertiary/aromatic N) is 1. The smallest absolute Gasteiger partial charge is 0.0199 e. The fraction of sp³-hybridized carbons (Fsp3) is 1.00. The minimum Gasteiger partial charge on any atom is -0.326 e. The van der Waals surface area contributed by atoms with E-state index in [9.17, 15) is 0 Å². The predicted octanol–water partition coefficient (Wildman–Crippen LogP) is 2.73. The van der Waals surface area contributed by atoms with E-state index < -0.39 is 0 Å². The maximum Gasteiger partial charge on any atom is 0.0199 e. The standard InChI is InChI=1S/C9H18N2.2C2H6/c1-11-5-7-3-2-4-8(7)9(10)6-11;2*1-2/h7-9H,2-6,10H2,1H3;2*1-2H3. The molecule has 0 aromatic heterocycles. The Morgan fingerprint density at radius 3 is 2.20 bits per heavy atom. The average molecular weight is 214 g/mol. The Morgan fingerprint density at radius 2 is 1.60 bits per heavy atom. The first kappa shape index (κ1) is 14.9. The maximum atomic E-state index is 6.07. The second-order valence-corrected chi connectivity index (χ2v) is 4.24.